The first kappa shape index (κ1) is 24.3. The number of allylic oxidation sites excluding steroid dienone is 8. The lowest BCUT2D eigenvalue weighted by Gasteiger charge is -2.58. The zero-order chi connectivity index (χ0) is 26.9. The second-order valence-electron chi connectivity index (χ2n) is 12.4. The normalized spacial score (nSPS) is 30.7. The predicted molar refractivity (Wildman–Crippen MR) is 146 cm³/mol. The van der Waals surface area contributed by atoms with Crippen molar-refractivity contribution in [1.82, 2.24) is 0 Å². The summed E-state index contributed by atoms with van der Waals surface area (Å²) in [5.41, 5.74) is 5.45. The predicted octanol–water partition coefficient (Wildman–Crippen LogP) is 7.06. The van der Waals surface area contributed by atoms with Gasteiger partial charge in [-0.2, -0.15) is 0 Å². The summed E-state index contributed by atoms with van der Waals surface area (Å²) < 4.78 is 13.7. The molecule has 4 fully saturated rings. The van der Waals surface area contributed by atoms with Gasteiger partial charge in [0.15, 0.2) is 5.78 Å². The Labute approximate surface area is 227 Å². The lowest BCUT2D eigenvalue weighted by Crippen LogP contribution is -2.47. The van der Waals surface area contributed by atoms with E-state index in [1.165, 1.54) is 73.9 Å². The van der Waals surface area contributed by atoms with Crippen molar-refractivity contribution >= 4 is 17.3 Å². The van der Waals surface area contributed by atoms with Crippen molar-refractivity contribution in [1.29, 1.82) is 0 Å². The quantitative estimate of drug-likeness (QED) is 0.441. The minimum atomic E-state index is -1.21. The van der Waals surface area contributed by atoms with Crippen LogP contribution in [-0.4, -0.2) is 22.0 Å². The molecule has 4 saturated carbocycles. The van der Waals surface area contributed by atoms with E-state index in [0.717, 1.165) is 28.9 Å². The third-order valence-electron chi connectivity index (χ3n) is 9.83. The summed E-state index contributed by atoms with van der Waals surface area (Å²) in [6.45, 7) is 0. The SMILES string of the molecule is O=C(O)c1ccc(C2=CC=C3C=C(Cc4ccc(F)cc4)C(C45CC6CC(CC(C6)C4)C5)=CC3C2=O)cc1O. The Morgan fingerprint density at radius 3 is 2.23 bits per heavy atom. The fraction of sp³-hybridized carbons (Fsp3) is 0.353. The number of hydrogen-bond donors (Lipinski definition) is 2. The van der Waals surface area contributed by atoms with E-state index in [4.69, 9.17) is 0 Å². The number of carboxylic acids is 1. The number of halogens is 1. The average molecular weight is 523 g/mol. The van der Waals surface area contributed by atoms with Crippen LogP contribution in [0, 0.1) is 34.9 Å². The maximum Gasteiger partial charge on any atom is 0.339 e. The average Bonchev–Trinajstić information content (AvgIpc) is 2.89. The Balaban J connectivity index is 1.30. The largest absolute Gasteiger partial charge is 0.507 e. The maximum atomic E-state index is 13.9. The van der Waals surface area contributed by atoms with Crippen LogP contribution in [0.15, 0.2) is 83.5 Å². The topological polar surface area (TPSA) is 74.6 Å². The molecule has 4 nitrogen and oxygen atoms in total. The molecule has 5 heteroatoms. The first-order valence-electron chi connectivity index (χ1n) is 14.0. The van der Waals surface area contributed by atoms with Crippen molar-refractivity contribution in [3.63, 3.8) is 0 Å². The van der Waals surface area contributed by atoms with Gasteiger partial charge in [-0.3, -0.25) is 4.79 Å². The van der Waals surface area contributed by atoms with Gasteiger partial charge >= 0.3 is 5.97 Å². The molecule has 2 aromatic carbocycles. The molecule has 0 radical (unpaired) electrons. The van der Waals surface area contributed by atoms with Gasteiger partial charge in [0.05, 0.1) is 5.92 Å². The fourth-order valence-electron chi connectivity index (χ4n) is 8.59. The van der Waals surface area contributed by atoms with Crippen LogP contribution in [0.2, 0.25) is 0 Å². The summed E-state index contributed by atoms with van der Waals surface area (Å²) in [6.07, 6.45) is 16.4. The van der Waals surface area contributed by atoms with Gasteiger partial charge in [0.2, 0.25) is 0 Å². The van der Waals surface area contributed by atoms with Crippen LogP contribution in [0.3, 0.4) is 0 Å². The van der Waals surface area contributed by atoms with Crippen LogP contribution < -0.4 is 0 Å². The van der Waals surface area contributed by atoms with Gasteiger partial charge in [-0.1, -0.05) is 42.5 Å². The molecule has 0 saturated heterocycles. The number of fused-ring (bicyclic) bond motifs is 1. The van der Waals surface area contributed by atoms with Crippen LogP contribution >= 0.6 is 0 Å². The van der Waals surface area contributed by atoms with Gasteiger partial charge in [-0.25, -0.2) is 9.18 Å². The number of aromatic hydroxyl groups is 1. The molecule has 4 bridgehead atoms. The highest BCUT2D eigenvalue weighted by Gasteiger charge is 2.53. The van der Waals surface area contributed by atoms with Crippen molar-refractivity contribution in [3.05, 3.63) is 106 Å². The lowest BCUT2D eigenvalue weighted by molar-refractivity contribution is -0.115. The van der Waals surface area contributed by atoms with Crippen LogP contribution in [0.25, 0.3) is 5.57 Å². The highest BCUT2D eigenvalue weighted by molar-refractivity contribution is 6.25. The fourth-order valence-corrected chi connectivity index (χ4v) is 8.59. The minimum Gasteiger partial charge on any atom is -0.507 e. The van der Waals surface area contributed by atoms with Gasteiger partial charge in [-0.15, -0.1) is 0 Å². The van der Waals surface area contributed by atoms with E-state index in [1.807, 2.05) is 18.2 Å². The number of hydrogen-bond acceptors (Lipinski definition) is 3. The standard InChI is InChI=1S/C34H31FO4/c35-26-5-1-19(2-6-26)12-25-13-23-3-7-27(24-4-8-28(33(38)39)31(36)14-24)32(37)29(23)15-30(25)34-16-20-9-21(17-34)11-22(10-20)18-34/h1-8,13-15,20-22,29,36H,9-12,16-18H2,(H,38,39). The van der Waals surface area contributed by atoms with E-state index in [0.29, 0.717) is 17.6 Å². The second-order valence-corrected chi connectivity index (χ2v) is 12.4. The van der Waals surface area contributed by atoms with Crippen molar-refractivity contribution in [2.45, 2.75) is 44.9 Å². The zero-order valence-electron chi connectivity index (χ0n) is 21.7. The van der Waals surface area contributed by atoms with E-state index in [9.17, 15) is 24.2 Å². The number of benzene rings is 2. The third kappa shape index (κ3) is 4.10. The highest BCUT2D eigenvalue weighted by Crippen LogP contribution is 2.64. The second kappa shape index (κ2) is 8.90. The summed E-state index contributed by atoms with van der Waals surface area (Å²) in [4.78, 5) is 25.3. The van der Waals surface area contributed by atoms with Crippen molar-refractivity contribution in [2.24, 2.45) is 29.1 Å². The van der Waals surface area contributed by atoms with E-state index < -0.39 is 11.9 Å². The number of ketones is 1. The summed E-state index contributed by atoms with van der Waals surface area (Å²) in [5, 5.41) is 19.5. The van der Waals surface area contributed by atoms with Crippen LogP contribution in [0.1, 0.15) is 60.0 Å². The van der Waals surface area contributed by atoms with Gasteiger partial charge < -0.3 is 10.2 Å². The molecular weight excluding hydrogens is 491 g/mol. The first-order valence-corrected chi connectivity index (χ1v) is 14.0. The Morgan fingerprint density at radius 2 is 1.62 bits per heavy atom. The monoisotopic (exact) mass is 522 g/mol. The number of rotatable bonds is 5. The summed E-state index contributed by atoms with van der Waals surface area (Å²) in [6, 6.07) is 11.0. The van der Waals surface area contributed by atoms with E-state index in [1.54, 1.807) is 12.1 Å². The van der Waals surface area contributed by atoms with Crippen molar-refractivity contribution < 1.29 is 24.2 Å². The molecule has 2 N–H and O–H groups in total. The molecule has 0 amide bonds. The summed E-state index contributed by atoms with van der Waals surface area (Å²) in [7, 11) is 0. The van der Waals surface area contributed by atoms with Crippen LogP contribution in [0.4, 0.5) is 4.39 Å². The molecule has 0 aliphatic heterocycles. The zero-order valence-corrected chi connectivity index (χ0v) is 21.7. The molecule has 39 heavy (non-hydrogen) atoms. The molecule has 0 heterocycles. The molecule has 6 aliphatic rings. The summed E-state index contributed by atoms with van der Waals surface area (Å²) in [5.74, 6) is 0.0329. The van der Waals surface area contributed by atoms with E-state index in [-0.39, 0.29) is 28.3 Å². The number of carboxylic acid groups (broad SMARTS) is 1. The van der Waals surface area contributed by atoms with Crippen LogP contribution in [-0.2, 0) is 11.2 Å². The molecule has 2 aromatic rings. The number of carbonyl (C=O) groups excluding carboxylic acids is 1. The van der Waals surface area contributed by atoms with Gasteiger partial charge in [0, 0.05) is 5.57 Å². The smallest absolute Gasteiger partial charge is 0.339 e. The van der Waals surface area contributed by atoms with E-state index in [2.05, 4.69) is 12.2 Å². The number of aromatic carboxylic acids is 1. The van der Waals surface area contributed by atoms with Gasteiger partial charge in [0.1, 0.15) is 17.1 Å². The number of carbonyl (C=O) groups is 2. The molecular formula is C34H31FO4. The van der Waals surface area contributed by atoms with Crippen LogP contribution in [0.5, 0.6) is 5.75 Å². The van der Waals surface area contributed by atoms with Crippen molar-refractivity contribution in [2.75, 3.05) is 0 Å². The van der Waals surface area contributed by atoms with E-state index >= 15 is 0 Å². The van der Waals surface area contributed by atoms with Crippen molar-refractivity contribution in [3.8, 4) is 5.75 Å². The molecule has 0 spiro atoms. The molecule has 1 atom stereocenters. The number of phenols is 1. The Morgan fingerprint density at radius 1 is 0.949 bits per heavy atom. The molecule has 6 aliphatic carbocycles. The van der Waals surface area contributed by atoms with Gasteiger partial charge in [0.25, 0.3) is 0 Å². The molecule has 8 rings (SSSR count). The first-order chi connectivity index (χ1) is 18.8. The summed E-state index contributed by atoms with van der Waals surface area (Å²) >= 11 is 0. The minimum absolute atomic E-state index is 0.0331. The third-order valence-corrected chi connectivity index (χ3v) is 9.83. The Hall–Kier alpha value is -3.73. The molecule has 0 aromatic heterocycles. The molecule has 198 valence electrons. The van der Waals surface area contributed by atoms with Gasteiger partial charge in [-0.05, 0) is 120 Å². The number of Topliss-reactive ketones (excluding diaryl/α,β-unsaturated/α-hetero) is 1. The Kier molecular flexibility index (Phi) is 5.55. The lowest BCUT2D eigenvalue weighted by atomic mass is 9.46. The maximum absolute atomic E-state index is 13.9. The molecule has 1 unspecified atom stereocenters. The highest BCUT2D eigenvalue weighted by atomic mass is 19.1. The Bertz CT molecular complexity index is 1490.